The normalized spacial score (nSPS) is 9.66. The van der Waals surface area contributed by atoms with Gasteiger partial charge in [-0.25, -0.2) is 0 Å². The van der Waals surface area contributed by atoms with Crippen LogP contribution in [0.2, 0.25) is 20.1 Å². The minimum absolute atomic E-state index is 0.245. The van der Waals surface area contributed by atoms with Gasteiger partial charge in [-0.2, -0.15) is 0 Å². The average Bonchev–Trinajstić information content (AvgIpc) is 2.88. The van der Waals surface area contributed by atoms with Crippen LogP contribution in [-0.4, -0.2) is 20.4 Å². The second-order valence-corrected chi connectivity index (χ2v) is 9.80. The molecule has 4 nitrogen and oxygen atoms in total. The van der Waals surface area contributed by atoms with Crippen molar-refractivity contribution in [2.24, 2.45) is 0 Å². The van der Waals surface area contributed by atoms with Gasteiger partial charge in [-0.05, 0) is 115 Å². The molecular weight excluding hydrogens is 566 g/mol. The number of rotatable bonds is 3. The predicted octanol–water partition coefficient (Wildman–Crippen LogP) is 10.0. The Kier molecular flexibility index (Phi) is 15.5. The van der Waals surface area contributed by atoms with Gasteiger partial charge in [0.15, 0.2) is 0 Å². The molecule has 0 heterocycles. The van der Waals surface area contributed by atoms with Gasteiger partial charge in [-0.3, -0.25) is 0 Å². The van der Waals surface area contributed by atoms with Gasteiger partial charge in [-0.15, -0.1) is 0 Å². The first-order valence-corrected chi connectivity index (χ1v) is 13.3. The predicted molar refractivity (Wildman–Crippen MR) is 161 cm³/mol. The van der Waals surface area contributed by atoms with Crippen molar-refractivity contribution in [3.05, 3.63) is 116 Å². The molecule has 38 heavy (non-hydrogen) atoms. The van der Waals surface area contributed by atoms with E-state index in [1.54, 1.807) is 85.8 Å². The molecule has 4 aromatic rings. The summed E-state index contributed by atoms with van der Waals surface area (Å²) in [4.78, 5) is 0. The third-order valence-corrected chi connectivity index (χ3v) is 5.93. The summed E-state index contributed by atoms with van der Waals surface area (Å²) in [6.45, 7) is 5.85. The smallest absolute Gasteiger partial charge is 0.118 e. The van der Waals surface area contributed by atoms with Crippen LogP contribution in [0.25, 0.3) is 0 Å². The van der Waals surface area contributed by atoms with E-state index in [9.17, 15) is 10.2 Å². The van der Waals surface area contributed by atoms with Crippen molar-refractivity contribution in [3.63, 3.8) is 0 Å². The molecule has 0 aliphatic heterocycles. The summed E-state index contributed by atoms with van der Waals surface area (Å²) in [6, 6.07) is 21.5. The maximum Gasteiger partial charge on any atom is 0.118 e. The minimum Gasteiger partial charge on any atom is -0.508 e. The fraction of sp³-hybridized carbons (Fsp3) is 0.200. The maximum absolute atomic E-state index is 9.31. The van der Waals surface area contributed by atoms with Crippen molar-refractivity contribution in [1.29, 1.82) is 0 Å². The van der Waals surface area contributed by atoms with Gasteiger partial charge >= 0.3 is 0 Å². The zero-order valence-corrected chi connectivity index (χ0v) is 24.5. The highest BCUT2D eigenvalue weighted by molar-refractivity contribution is 6.31. The molecule has 0 saturated heterocycles. The van der Waals surface area contributed by atoms with E-state index in [2.05, 4.69) is 6.92 Å². The monoisotopic (exact) mass is 596 g/mol. The molecule has 0 amide bonds. The summed E-state index contributed by atoms with van der Waals surface area (Å²) in [5, 5.41) is 38.8. The van der Waals surface area contributed by atoms with E-state index < -0.39 is 0 Å². The van der Waals surface area contributed by atoms with Crippen LogP contribution in [0.1, 0.15) is 37.0 Å². The van der Waals surface area contributed by atoms with E-state index in [0.717, 1.165) is 36.0 Å². The van der Waals surface area contributed by atoms with Gasteiger partial charge in [0.05, 0.1) is 0 Å². The van der Waals surface area contributed by atoms with E-state index in [-0.39, 0.29) is 5.75 Å². The number of phenols is 4. The largest absolute Gasteiger partial charge is 0.508 e. The fourth-order valence-electron chi connectivity index (χ4n) is 2.92. The molecular formula is C30H32Cl4O4. The van der Waals surface area contributed by atoms with E-state index >= 15 is 0 Å². The standard InChI is InChI=1S/C9H11ClO.C8H9ClO.C7H7ClO.C6H5ClO/c1-2-3-7-6-8(10)4-5-9(7)11;1-2-6-5-7(9)3-4-8(6)10;1-5-4-6(8)2-3-7(5)9;7-5-1-3-6(8)4-2-5/h4-6,11H,2-3H2,1H3;3-5,10H,2H2,1H3;2-4,9H,1H3;1-4,8H. The lowest BCUT2D eigenvalue weighted by Gasteiger charge is -2.01. The SMILES string of the molecule is CCCc1cc(Cl)ccc1O.CCc1cc(Cl)ccc1O.Cc1cc(Cl)ccc1O.Oc1ccc(Cl)cc1. The van der Waals surface area contributed by atoms with Crippen LogP contribution >= 0.6 is 46.4 Å². The van der Waals surface area contributed by atoms with Crippen LogP contribution < -0.4 is 0 Å². The molecule has 0 bridgehead atoms. The highest BCUT2D eigenvalue weighted by atomic mass is 35.5. The summed E-state index contributed by atoms with van der Waals surface area (Å²) >= 11 is 22.5. The summed E-state index contributed by atoms with van der Waals surface area (Å²) in [7, 11) is 0. The number of phenolic OH excluding ortho intramolecular Hbond substituents is 4. The Balaban J connectivity index is 0.000000255. The Morgan fingerprint density at radius 1 is 0.526 bits per heavy atom. The quantitative estimate of drug-likeness (QED) is 0.189. The first kappa shape index (κ1) is 33.3. The number of halogens is 4. The van der Waals surface area contributed by atoms with E-state index in [1.165, 1.54) is 0 Å². The number of hydrogen-bond acceptors (Lipinski definition) is 4. The van der Waals surface area contributed by atoms with Crippen LogP contribution in [0.3, 0.4) is 0 Å². The Bertz CT molecular complexity index is 1240. The van der Waals surface area contributed by atoms with Gasteiger partial charge in [-0.1, -0.05) is 66.7 Å². The van der Waals surface area contributed by atoms with Crippen molar-refractivity contribution in [2.45, 2.75) is 40.0 Å². The molecule has 0 aliphatic rings. The van der Waals surface area contributed by atoms with Gasteiger partial charge in [0, 0.05) is 20.1 Å². The molecule has 0 unspecified atom stereocenters. The lowest BCUT2D eigenvalue weighted by molar-refractivity contribution is 0.467. The summed E-state index contributed by atoms with van der Waals surface area (Å²) in [5.74, 6) is 1.21. The van der Waals surface area contributed by atoms with Gasteiger partial charge in [0.25, 0.3) is 0 Å². The molecule has 8 heteroatoms. The van der Waals surface area contributed by atoms with Crippen LogP contribution in [0, 0.1) is 6.92 Å². The average molecular weight is 598 g/mol. The number of benzene rings is 4. The highest BCUT2D eigenvalue weighted by Gasteiger charge is 1.99. The minimum atomic E-state index is 0.245. The molecule has 0 saturated carbocycles. The second-order valence-electron chi connectivity index (χ2n) is 8.06. The summed E-state index contributed by atoms with van der Waals surface area (Å²) < 4.78 is 0. The Morgan fingerprint density at radius 2 is 0.947 bits per heavy atom. The van der Waals surface area contributed by atoms with Crippen LogP contribution in [-0.2, 0) is 12.8 Å². The molecule has 0 spiro atoms. The number of aromatic hydroxyl groups is 4. The fourth-order valence-corrected chi connectivity index (χ4v) is 3.66. The van der Waals surface area contributed by atoms with E-state index in [0.29, 0.717) is 37.3 Å². The van der Waals surface area contributed by atoms with Crippen LogP contribution in [0.5, 0.6) is 23.0 Å². The third-order valence-electron chi connectivity index (χ3n) is 4.97. The lowest BCUT2D eigenvalue weighted by Crippen LogP contribution is -1.83. The van der Waals surface area contributed by atoms with Gasteiger partial charge < -0.3 is 20.4 Å². The number of hydrogen-bond donors (Lipinski definition) is 4. The van der Waals surface area contributed by atoms with Crippen molar-refractivity contribution in [1.82, 2.24) is 0 Å². The van der Waals surface area contributed by atoms with Crippen LogP contribution in [0.15, 0.2) is 78.9 Å². The Hall–Kier alpha value is -2.76. The summed E-state index contributed by atoms with van der Waals surface area (Å²) in [5.41, 5.74) is 2.63. The zero-order valence-electron chi connectivity index (χ0n) is 21.4. The maximum atomic E-state index is 9.31. The van der Waals surface area contributed by atoms with Crippen molar-refractivity contribution in [3.8, 4) is 23.0 Å². The second kappa shape index (κ2) is 17.7. The van der Waals surface area contributed by atoms with Gasteiger partial charge in [0.2, 0.25) is 0 Å². The Labute approximate surface area is 244 Å². The molecule has 0 radical (unpaired) electrons. The molecule has 4 aromatic carbocycles. The molecule has 4 rings (SSSR count). The van der Waals surface area contributed by atoms with E-state index in [4.69, 9.17) is 56.6 Å². The molecule has 0 atom stereocenters. The summed E-state index contributed by atoms with van der Waals surface area (Å²) in [6.07, 6.45) is 2.71. The molecule has 0 aliphatic carbocycles. The zero-order chi connectivity index (χ0) is 28.7. The van der Waals surface area contributed by atoms with Gasteiger partial charge in [0.1, 0.15) is 23.0 Å². The lowest BCUT2D eigenvalue weighted by atomic mass is 10.1. The number of aryl methyl sites for hydroxylation is 3. The van der Waals surface area contributed by atoms with E-state index in [1.807, 2.05) is 6.92 Å². The Morgan fingerprint density at radius 3 is 1.34 bits per heavy atom. The third kappa shape index (κ3) is 13.2. The van der Waals surface area contributed by atoms with Crippen LogP contribution in [0.4, 0.5) is 0 Å². The molecule has 0 aromatic heterocycles. The molecule has 204 valence electrons. The molecule has 0 fully saturated rings. The highest BCUT2D eigenvalue weighted by Crippen LogP contribution is 2.23. The topological polar surface area (TPSA) is 80.9 Å². The van der Waals surface area contributed by atoms with Crippen molar-refractivity contribution < 1.29 is 20.4 Å². The first-order valence-electron chi connectivity index (χ1n) is 11.8. The van der Waals surface area contributed by atoms with Crippen molar-refractivity contribution in [2.75, 3.05) is 0 Å². The first-order chi connectivity index (χ1) is 18.0. The molecule has 4 N–H and O–H groups in total. The van der Waals surface area contributed by atoms with Crippen molar-refractivity contribution >= 4 is 46.4 Å².